The predicted octanol–water partition coefficient (Wildman–Crippen LogP) is 11.2. The van der Waals surface area contributed by atoms with Gasteiger partial charge in [-0.2, -0.15) is 10.2 Å². The van der Waals surface area contributed by atoms with E-state index in [1.807, 2.05) is 18.2 Å². The summed E-state index contributed by atoms with van der Waals surface area (Å²) in [5, 5.41) is 21.4. The van der Waals surface area contributed by atoms with Gasteiger partial charge in [-0.3, -0.25) is 0 Å². The molecule has 0 N–H and O–H groups in total. The van der Waals surface area contributed by atoms with Gasteiger partial charge in [0.1, 0.15) is 22.8 Å². The van der Waals surface area contributed by atoms with Crippen molar-refractivity contribution in [2.24, 2.45) is 0 Å². The fourth-order valence-electron chi connectivity index (χ4n) is 5.00. The molecule has 9 aromatic heterocycles. The van der Waals surface area contributed by atoms with Crippen LogP contribution in [0.25, 0.3) is 83.2 Å². The first kappa shape index (κ1) is 29.5. The van der Waals surface area contributed by atoms with Crippen molar-refractivity contribution in [2.75, 3.05) is 0 Å². The van der Waals surface area contributed by atoms with Crippen molar-refractivity contribution < 1.29 is 0 Å². The van der Waals surface area contributed by atoms with Gasteiger partial charge in [0.05, 0.1) is 22.1 Å². The first-order valence-corrected chi connectivity index (χ1v) is 19.6. The SMILES string of the molecule is c1cc(-c2nncc(-c3ccc(-c4ccc(-c5cccs5)s4)s3)n2)nc(-c2nncc(-c3ccc(-c4ccc(-c5cccs5)s4)s3)n2)c1. The zero-order valence-corrected chi connectivity index (χ0v) is 29.4. The third kappa shape index (κ3) is 5.85. The fraction of sp³-hybridized carbons (Fsp3) is 0. The third-order valence-electron chi connectivity index (χ3n) is 7.27. The predicted molar refractivity (Wildman–Crippen MR) is 202 cm³/mol. The molecule has 0 aliphatic carbocycles. The molecule has 0 spiro atoms. The van der Waals surface area contributed by atoms with Gasteiger partial charge in [-0.1, -0.05) is 18.2 Å². The highest BCUT2D eigenvalue weighted by Gasteiger charge is 2.16. The smallest absolute Gasteiger partial charge is 0.201 e. The summed E-state index contributed by atoms with van der Waals surface area (Å²) < 4.78 is 0. The molecule has 9 heterocycles. The first-order valence-electron chi connectivity index (χ1n) is 14.6. The maximum Gasteiger partial charge on any atom is 0.201 e. The van der Waals surface area contributed by atoms with Gasteiger partial charge >= 0.3 is 0 Å². The lowest BCUT2D eigenvalue weighted by atomic mass is 10.2. The molecule has 0 bridgehead atoms. The lowest BCUT2D eigenvalue weighted by molar-refractivity contribution is 0.963. The lowest BCUT2D eigenvalue weighted by Gasteiger charge is -2.04. The van der Waals surface area contributed by atoms with Crippen LogP contribution >= 0.6 is 68.0 Å². The highest BCUT2D eigenvalue weighted by molar-refractivity contribution is 7.27. The van der Waals surface area contributed by atoms with E-state index in [1.165, 1.54) is 39.0 Å². The second-order valence-corrected chi connectivity index (χ2v) is 16.6. The monoisotopic (exact) mass is 729 g/mol. The maximum atomic E-state index is 4.84. The minimum atomic E-state index is 0.435. The van der Waals surface area contributed by atoms with E-state index >= 15 is 0 Å². The Morgan fingerprint density at radius 2 is 0.729 bits per heavy atom. The molecular formula is C35H19N7S6. The van der Waals surface area contributed by atoms with Crippen LogP contribution in [0.2, 0.25) is 0 Å². The molecule has 0 saturated carbocycles. The van der Waals surface area contributed by atoms with Gasteiger partial charge < -0.3 is 0 Å². The molecule has 0 fully saturated rings. The highest BCUT2D eigenvalue weighted by Crippen LogP contribution is 2.42. The summed E-state index contributed by atoms with van der Waals surface area (Å²) in [4.78, 5) is 26.5. The maximum absolute atomic E-state index is 4.84. The first-order chi connectivity index (χ1) is 23.7. The molecule has 13 heteroatoms. The lowest BCUT2D eigenvalue weighted by Crippen LogP contribution is -1.99. The van der Waals surface area contributed by atoms with Crippen LogP contribution in [0, 0.1) is 0 Å². The zero-order valence-electron chi connectivity index (χ0n) is 24.5. The number of hydrogen-bond donors (Lipinski definition) is 0. The summed E-state index contributed by atoms with van der Waals surface area (Å²) in [6.07, 6.45) is 3.39. The Labute approximate surface area is 298 Å². The minimum absolute atomic E-state index is 0.435. The highest BCUT2D eigenvalue weighted by atomic mass is 32.1. The van der Waals surface area contributed by atoms with Gasteiger partial charge in [0, 0.05) is 39.0 Å². The molecule has 0 aromatic carbocycles. The molecule has 48 heavy (non-hydrogen) atoms. The quantitative estimate of drug-likeness (QED) is 0.154. The van der Waals surface area contributed by atoms with E-state index < -0.39 is 0 Å². The van der Waals surface area contributed by atoms with Gasteiger partial charge in [-0.25, -0.2) is 15.0 Å². The van der Waals surface area contributed by atoms with E-state index in [0.29, 0.717) is 23.0 Å². The molecule has 9 aromatic rings. The molecule has 0 aliphatic heterocycles. The fourth-order valence-corrected chi connectivity index (χ4v) is 10.8. The van der Waals surface area contributed by atoms with Crippen molar-refractivity contribution in [3.63, 3.8) is 0 Å². The molecule has 0 unspecified atom stereocenters. The molecule has 0 amide bonds. The van der Waals surface area contributed by atoms with E-state index in [4.69, 9.17) is 15.0 Å². The van der Waals surface area contributed by atoms with E-state index in [1.54, 1.807) is 80.4 Å². The van der Waals surface area contributed by atoms with E-state index in [9.17, 15) is 0 Å². The van der Waals surface area contributed by atoms with Crippen LogP contribution in [0.1, 0.15) is 0 Å². The van der Waals surface area contributed by atoms with Gasteiger partial charge in [-0.15, -0.1) is 78.2 Å². The molecule has 0 atom stereocenters. The van der Waals surface area contributed by atoms with Crippen molar-refractivity contribution in [3.8, 4) is 83.2 Å². The Kier molecular flexibility index (Phi) is 7.85. The molecule has 7 nitrogen and oxygen atoms in total. The van der Waals surface area contributed by atoms with E-state index in [2.05, 4.69) is 104 Å². The van der Waals surface area contributed by atoms with Gasteiger partial charge in [-0.05, 0) is 83.6 Å². The van der Waals surface area contributed by atoms with Gasteiger partial charge in [0.15, 0.2) is 0 Å². The number of rotatable bonds is 8. The number of thiophene rings is 6. The Morgan fingerprint density at radius 1 is 0.333 bits per heavy atom. The standard InChI is InChI=1S/C35H19N7S6/c1-4-20(34-39-22(18-36-41-34)24-8-10-30(45-24)32-14-12-28(47-32)26-6-2-16-43-26)38-21(5-1)35-40-23(19-37-42-35)25-9-11-31(46-25)33-15-13-29(48-33)27-7-3-17-44-27/h1-19H. The number of nitrogens with zero attached hydrogens (tertiary/aromatic N) is 7. The van der Waals surface area contributed by atoms with Crippen molar-refractivity contribution in [3.05, 3.63) is 114 Å². The Hall–Kier alpha value is -4.63. The van der Waals surface area contributed by atoms with Crippen molar-refractivity contribution in [1.82, 2.24) is 35.3 Å². The molecule has 0 aliphatic rings. The van der Waals surface area contributed by atoms with Crippen LogP contribution in [0.4, 0.5) is 0 Å². The normalized spacial score (nSPS) is 11.3. The Morgan fingerprint density at radius 3 is 1.15 bits per heavy atom. The van der Waals surface area contributed by atoms with Crippen LogP contribution < -0.4 is 0 Å². The van der Waals surface area contributed by atoms with Crippen molar-refractivity contribution in [1.29, 1.82) is 0 Å². The van der Waals surface area contributed by atoms with Crippen LogP contribution in [0.15, 0.2) is 114 Å². The number of aromatic nitrogens is 7. The minimum Gasteiger partial charge on any atom is -0.241 e. The molecule has 0 radical (unpaired) electrons. The number of pyridine rings is 1. The van der Waals surface area contributed by atoms with Crippen molar-refractivity contribution in [2.45, 2.75) is 0 Å². The van der Waals surface area contributed by atoms with E-state index in [0.717, 1.165) is 21.1 Å². The molecule has 9 rings (SSSR count). The second-order valence-electron chi connectivity index (χ2n) is 10.3. The summed E-state index contributed by atoms with van der Waals surface area (Å²) in [5.74, 6) is 0.871. The van der Waals surface area contributed by atoms with Crippen LogP contribution in [-0.2, 0) is 0 Å². The Bertz CT molecular complexity index is 2320. The number of hydrogen-bond acceptors (Lipinski definition) is 13. The molecule has 230 valence electrons. The summed E-state index contributed by atoms with van der Waals surface area (Å²) >= 11 is 10.5. The average Bonchev–Trinajstić information content (AvgIpc) is 3.98. The largest absolute Gasteiger partial charge is 0.241 e. The molecular weight excluding hydrogens is 711 g/mol. The zero-order chi connectivity index (χ0) is 31.9. The summed E-state index contributed by atoms with van der Waals surface area (Å²) in [5.41, 5.74) is 2.67. The van der Waals surface area contributed by atoms with Gasteiger partial charge in [0.2, 0.25) is 11.6 Å². The summed E-state index contributed by atoms with van der Waals surface area (Å²) in [7, 11) is 0. The third-order valence-corrected chi connectivity index (χ3v) is 14.2. The van der Waals surface area contributed by atoms with E-state index in [-0.39, 0.29) is 0 Å². The van der Waals surface area contributed by atoms with Crippen molar-refractivity contribution >= 4 is 68.0 Å². The topological polar surface area (TPSA) is 90.2 Å². The average molecular weight is 730 g/mol. The Balaban J connectivity index is 0.959. The van der Waals surface area contributed by atoms with Crippen LogP contribution in [-0.4, -0.2) is 35.3 Å². The summed E-state index contributed by atoms with van der Waals surface area (Å²) in [6, 6.07) is 31.3. The van der Waals surface area contributed by atoms with Crippen LogP contribution in [0.3, 0.4) is 0 Å². The van der Waals surface area contributed by atoms with Crippen LogP contribution in [0.5, 0.6) is 0 Å². The summed E-state index contributed by atoms with van der Waals surface area (Å²) in [6.45, 7) is 0. The second kappa shape index (κ2) is 12.8. The van der Waals surface area contributed by atoms with Gasteiger partial charge in [0.25, 0.3) is 0 Å². The molecule has 0 saturated heterocycles.